The van der Waals surface area contributed by atoms with Gasteiger partial charge in [-0.2, -0.15) is 0 Å². The number of benzene rings is 1. The van der Waals surface area contributed by atoms with E-state index in [2.05, 4.69) is 18.8 Å². The SMILES string of the molecule is CC(C)COc1cccc(C2C(C(=O)C(C)(C)C)=C(O)C(=O)N2Cc2ccccn2)c1. The van der Waals surface area contributed by atoms with Crippen LogP contribution in [0, 0.1) is 11.3 Å². The second kappa shape index (κ2) is 8.92. The summed E-state index contributed by atoms with van der Waals surface area (Å²) in [5.41, 5.74) is 0.746. The Balaban J connectivity index is 2.06. The van der Waals surface area contributed by atoms with Crippen LogP contribution in [0.15, 0.2) is 60.0 Å². The molecule has 1 aromatic carbocycles. The van der Waals surface area contributed by atoms with E-state index in [0.717, 1.165) is 0 Å². The van der Waals surface area contributed by atoms with E-state index in [4.69, 9.17) is 4.74 Å². The maximum atomic E-state index is 13.3. The predicted octanol–water partition coefficient (Wildman–Crippen LogP) is 4.63. The minimum absolute atomic E-state index is 0.120. The van der Waals surface area contributed by atoms with E-state index >= 15 is 0 Å². The number of amides is 1. The number of aliphatic hydroxyl groups excluding tert-OH is 1. The second-order valence-corrected chi connectivity index (χ2v) is 9.28. The lowest BCUT2D eigenvalue weighted by atomic mass is 9.82. The van der Waals surface area contributed by atoms with Gasteiger partial charge < -0.3 is 14.7 Å². The summed E-state index contributed by atoms with van der Waals surface area (Å²) in [5, 5.41) is 10.7. The third kappa shape index (κ3) is 4.95. The first-order valence-electron chi connectivity index (χ1n) is 10.5. The van der Waals surface area contributed by atoms with Crippen LogP contribution in [0.3, 0.4) is 0 Å². The molecule has 1 atom stereocenters. The Morgan fingerprint density at radius 1 is 1.19 bits per heavy atom. The molecule has 2 heterocycles. The third-order valence-electron chi connectivity index (χ3n) is 5.05. The van der Waals surface area contributed by atoms with E-state index in [1.54, 1.807) is 33.0 Å². The smallest absolute Gasteiger partial charge is 0.290 e. The van der Waals surface area contributed by atoms with Crippen molar-refractivity contribution in [1.82, 2.24) is 9.88 Å². The number of hydrogen-bond acceptors (Lipinski definition) is 5. The molecule has 2 aromatic rings. The fourth-order valence-electron chi connectivity index (χ4n) is 3.50. The summed E-state index contributed by atoms with van der Waals surface area (Å²) in [6, 6.07) is 12.1. The second-order valence-electron chi connectivity index (χ2n) is 9.28. The Bertz CT molecular complexity index is 990. The highest BCUT2D eigenvalue weighted by Crippen LogP contribution is 2.42. The maximum Gasteiger partial charge on any atom is 0.290 e. The molecule has 0 saturated carbocycles. The lowest BCUT2D eigenvalue weighted by Crippen LogP contribution is -2.32. The van der Waals surface area contributed by atoms with Gasteiger partial charge in [0.2, 0.25) is 0 Å². The van der Waals surface area contributed by atoms with E-state index in [0.29, 0.717) is 29.5 Å². The van der Waals surface area contributed by atoms with Gasteiger partial charge in [-0.05, 0) is 35.7 Å². The fraction of sp³-hybridized carbons (Fsp3) is 0.400. The van der Waals surface area contributed by atoms with Crippen molar-refractivity contribution in [1.29, 1.82) is 0 Å². The van der Waals surface area contributed by atoms with Crippen LogP contribution in [0.4, 0.5) is 0 Å². The molecule has 0 bridgehead atoms. The first-order valence-corrected chi connectivity index (χ1v) is 10.5. The van der Waals surface area contributed by atoms with Gasteiger partial charge in [-0.3, -0.25) is 14.6 Å². The van der Waals surface area contributed by atoms with Gasteiger partial charge in [0.15, 0.2) is 11.5 Å². The first-order chi connectivity index (χ1) is 14.6. The van der Waals surface area contributed by atoms with Crippen molar-refractivity contribution >= 4 is 11.7 Å². The number of rotatable bonds is 7. The van der Waals surface area contributed by atoms with Gasteiger partial charge in [0.05, 0.1) is 30.5 Å². The average Bonchev–Trinajstić information content (AvgIpc) is 2.97. The lowest BCUT2D eigenvalue weighted by molar-refractivity contribution is -0.130. The molecule has 1 aliphatic rings. The maximum absolute atomic E-state index is 13.3. The quantitative estimate of drug-likeness (QED) is 0.704. The van der Waals surface area contributed by atoms with Crippen molar-refractivity contribution in [2.45, 2.75) is 47.2 Å². The summed E-state index contributed by atoms with van der Waals surface area (Å²) >= 11 is 0. The number of aromatic nitrogens is 1. The molecular formula is C25H30N2O4. The average molecular weight is 423 g/mol. The Morgan fingerprint density at radius 3 is 2.55 bits per heavy atom. The molecule has 0 aliphatic carbocycles. The van der Waals surface area contributed by atoms with E-state index in [9.17, 15) is 14.7 Å². The molecule has 1 amide bonds. The monoisotopic (exact) mass is 422 g/mol. The zero-order valence-corrected chi connectivity index (χ0v) is 18.8. The number of ketones is 1. The molecule has 1 aromatic heterocycles. The summed E-state index contributed by atoms with van der Waals surface area (Å²) in [6.07, 6.45) is 1.65. The lowest BCUT2D eigenvalue weighted by Gasteiger charge is -2.29. The Kier molecular flexibility index (Phi) is 6.48. The molecule has 3 rings (SSSR count). The van der Waals surface area contributed by atoms with E-state index < -0.39 is 23.1 Å². The van der Waals surface area contributed by atoms with Gasteiger partial charge in [0.25, 0.3) is 5.91 Å². The standard InChI is InChI=1S/C25H30N2O4/c1-16(2)15-31-19-11-8-9-17(13-19)21-20(23(29)25(3,4)5)22(28)24(30)27(21)14-18-10-6-7-12-26-18/h6-13,16,21,28H,14-15H2,1-5H3. The largest absolute Gasteiger partial charge is 0.503 e. The molecule has 0 spiro atoms. The van der Waals surface area contributed by atoms with Gasteiger partial charge in [0, 0.05) is 11.6 Å². The van der Waals surface area contributed by atoms with Gasteiger partial charge in [-0.1, -0.05) is 52.8 Å². The van der Waals surface area contributed by atoms with Crippen LogP contribution in [0.2, 0.25) is 0 Å². The highest BCUT2D eigenvalue weighted by Gasteiger charge is 2.46. The van der Waals surface area contributed by atoms with Crippen molar-refractivity contribution in [3.8, 4) is 5.75 Å². The van der Waals surface area contributed by atoms with E-state index in [-0.39, 0.29) is 17.9 Å². The van der Waals surface area contributed by atoms with Crippen molar-refractivity contribution in [3.05, 3.63) is 71.3 Å². The molecule has 6 nitrogen and oxygen atoms in total. The third-order valence-corrected chi connectivity index (χ3v) is 5.05. The minimum Gasteiger partial charge on any atom is -0.503 e. The Hall–Kier alpha value is -3.15. The minimum atomic E-state index is -0.755. The summed E-state index contributed by atoms with van der Waals surface area (Å²) in [5.74, 6) is -0.309. The number of Topliss-reactive ketones (excluding diaryl/α,β-unsaturated/α-hetero) is 1. The van der Waals surface area contributed by atoms with Gasteiger partial charge in [-0.25, -0.2) is 0 Å². The fourth-order valence-corrected chi connectivity index (χ4v) is 3.50. The van der Waals surface area contributed by atoms with E-state index in [1.165, 1.54) is 4.90 Å². The predicted molar refractivity (Wildman–Crippen MR) is 118 cm³/mol. The Morgan fingerprint density at radius 2 is 1.94 bits per heavy atom. The molecule has 1 N–H and O–H groups in total. The van der Waals surface area contributed by atoms with Crippen LogP contribution in [-0.4, -0.2) is 33.3 Å². The number of ether oxygens (including phenoxy) is 1. The summed E-state index contributed by atoms with van der Waals surface area (Å²) in [6.45, 7) is 10.2. The van der Waals surface area contributed by atoms with Gasteiger partial charge in [0.1, 0.15) is 5.75 Å². The highest BCUT2D eigenvalue weighted by molar-refractivity contribution is 6.10. The number of aliphatic hydroxyl groups is 1. The zero-order chi connectivity index (χ0) is 22.8. The molecule has 164 valence electrons. The summed E-state index contributed by atoms with van der Waals surface area (Å²) in [7, 11) is 0. The van der Waals surface area contributed by atoms with Crippen LogP contribution in [-0.2, 0) is 16.1 Å². The number of pyridine rings is 1. The zero-order valence-electron chi connectivity index (χ0n) is 18.8. The molecular weight excluding hydrogens is 392 g/mol. The van der Waals surface area contributed by atoms with Crippen LogP contribution >= 0.6 is 0 Å². The van der Waals surface area contributed by atoms with E-state index in [1.807, 2.05) is 36.4 Å². The topological polar surface area (TPSA) is 79.7 Å². The van der Waals surface area contributed by atoms with Crippen molar-refractivity contribution in [3.63, 3.8) is 0 Å². The van der Waals surface area contributed by atoms with Crippen LogP contribution < -0.4 is 4.74 Å². The molecule has 31 heavy (non-hydrogen) atoms. The Labute approximate surface area is 183 Å². The van der Waals surface area contributed by atoms with Crippen molar-refractivity contribution < 1.29 is 19.4 Å². The summed E-state index contributed by atoms with van der Waals surface area (Å²) in [4.78, 5) is 32.1. The number of nitrogens with zero attached hydrogens (tertiary/aromatic N) is 2. The molecule has 0 radical (unpaired) electrons. The number of hydrogen-bond donors (Lipinski definition) is 1. The molecule has 1 aliphatic heterocycles. The molecule has 1 unspecified atom stereocenters. The molecule has 0 fully saturated rings. The first kappa shape index (κ1) is 22.5. The van der Waals surface area contributed by atoms with Crippen molar-refractivity contribution in [2.24, 2.45) is 11.3 Å². The number of carbonyl (C=O) groups excluding carboxylic acids is 2. The number of carbonyl (C=O) groups is 2. The summed E-state index contributed by atoms with van der Waals surface area (Å²) < 4.78 is 5.86. The van der Waals surface area contributed by atoms with Crippen LogP contribution in [0.1, 0.15) is 51.9 Å². The molecule has 6 heteroatoms. The van der Waals surface area contributed by atoms with Crippen molar-refractivity contribution in [2.75, 3.05) is 6.61 Å². The van der Waals surface area contributed by atoms with Crippen LogP contribution in [0.5, 0.6) is 5.75 Å². The highest BCUT2D eigenvalue weighted by atomic mass is 16.5. The van der Waals surface area contributed by atoms with Gasteiger partial charge >= 0.3 is 0 Å². The van der Waals surface area contributed by atoms with Gasteiger partial charge in [-0.15, -0.1) is 0 Å². The van der Waals surface area contributed by atoms with Crippen LogP contribution in [0.25, 0.3) is 0 Å². The normalized spacial score (nSPS) is 16.9. The molecule has 0 saturated heterocycles.